The Bertz CT molecular complexity index is 945. The van der Waals surface area contributed by atoms with Crippen LogP contribution in [-0.2, 0) is 9.59 Å². The van der Waals surface area contributed by atoms with Crippen LogP contribution in [0.2, 0.25) is 0 Å². The fourth-order valence-corrected chi connectivity index (χ4v) is 6.16. The third-order valence-corrected chi connectivity index (χ3v) is 6.93. The zero-order chi connectivity index (χ0) is 17.3. The quantitative estimate of drug-likeness (QED) is 0.471. The molecule has 2 aromatic carbocycles. The molecule has 3 heterocycles. The van der Waals surface area contributed by atoms with Gasteiger partial charge in [0.2, 0.25) is 11.8 Å². The average molecular weight is 352 g/mol. The van der Waals surface area contributed by atoms with Gasteiger partial charge in [-0.1, -0.05) is 24.3 Å². The molecule has 0 spiro atoms. The lowest BCUT2D eigenvalue weighted by Crippen LogP contribution is -2.31. The maximum Gasteiger partial charge on any atom is 0.269 e. The first-order valence-corrected chi connectivity index (χ1v) is 8.89. The van der Waals surface area contributed by atoms with Crippen LogP contribution in [-0.4, -0.2) is 16.7 Å². The molecule has 124 valence electrons. The number of hydrogen-bond acceptors (Lipinski definition) is 5. The number of imide groups is 1. The van der Waals surface area contributed by atoms with E-state index in [2.05, 4.69) is 0 Å². The highest BCUT2D eigenvalue weighted by Crippen LogP contribution is 2.69. The smallest absolute Gasteiger partial charge is 0.269 e. The molecule has 5 rings (SSSR count). The maximum atomic E-state index is 13.0. The Morgan fingerprint density at radius 2 is 1.56 bits per heavy atom. The first kappa shape index (κ1) is 14.7. The summed E-state index contributed by atoms with van der Waals surface area (Å²) in [6, 6.07) is 13.7. The number of fused-ring (bicyclic) bond motifs is 8. The molecule has 2 fully saturated rings. The highest BCUT2D eigenvalue weighted by Gasteiger charge is 2.64. The molecule has 0 N–H and O–H groups in total. The number of nitro groups is 1. The molecule has 0 aliphatic carbocycles. The van der Waals surface area contributed by atoms with Gasteiger partial charge in [0.15, 0.2) is 0 Å². The molecule has 0 saturated carbocycles. The SMILES string of the molecule is O=C1[C@@H]2[C@H](C(=O)N1c1ccccc1)[C@@H]1S[C@H]2c2ccc([N+](=O)[O-])cc21. The van der Waals surface area contributed by atoms with E-state index in [0.29, 0.717) is 5.69 Å². The molecule has 2 bridgehead atoms. The summed E-state index contributed by atoms with van der Waals surface area (Å²) in [6.45, 7) is 0. The summed E-state index contributed by atoms with van der Waals surface area (Å²) in [5, 5.41) is 10.8. The number of carbonyl (C=O) groups is 2. The van der Waals surface area contributed by atoms with E-state index in [1.54, 1.807) is 48.2 Å². The molecule has 3 aliphatic rings. The van der Waals surface area contributed by atoms with Gasteiger partial charge < -0.3 is 0 Å². The molecule has 25 heavy (non-hydrogen) atoms. The minimum absolute atomic E-state index is 0.0279. The molecular formula is C18H12N2O4S. The van der Waals surface area contributed by atoms with Crippen molar-refractivity contribution < 1.29 is 14.5 Å². The molecule has 2 saturated heterocycles. The number of non-ortho nitro benzene ring substituents is 1. The summed E-state index contributed by atoms with van der Waals surface area (Å²) in [4.78, 5) is 37.9. The van der Waals surface area contributed by atoms with E-state index < -0.39 is 10.8 Å². The van der Waals surface area contributed by atoms with Gasteiger partial charge in [-0.25, -0.2) is 4.90 Å². The Morgan fingerprint density at radius 1 is 0.920 bits per heavy atom. The first-order valence-electron chi connectivity index (χ1n) is 7.94. The van der Waals surface area contributed by atoms with Gasteiger partial charge in [-0.15, -0.1) is 11.8 Å². The van der Waals surface area contributed by atoms with Crippen molar-refractivity contribution in [3.8, 4) is 0 Å². The monoisotopic (exact) mass is 352 g/mol. The number of anilines is 1. The van der Waals surface area contributed by atoms with Crippen LogP contribution >= 0.6 is 11.8 Å². The number of amides is 2. The van der Waals surface area contributed by atoms with Crippen molar-refractivity contribution in [1.29, 1.82) is 0 Å². The molecule has 6 nitrogen and oxygen atoms in total. The summed E-state index contributed by atoms with van der Waals surface area (Å²) in [5.74, 6) is -1.17. The number of nitrogens with zero attached hydrogens (tertiary/aromatic N) is 2. The fraction of sp³-hybridized carbons (Fsp3) is 0.222. The van der Waals surface area contributed by atoms with Crippen molar-refractivity contribution in [1.82, 2.24) is 0 Å². The molecule has 0 unspecified atom stereocenters. The zero-order valence-electron chi connectivity index (χ0n) is 12.9. The zero-order valence-corrected chi connectivity index (χ0v) is 13.7. The Hall–Kier alpha value is -2.67. The average Bonchev–Trinajstić information content (AvgIpc) is 3.25. The molecule has 2 amide bonds. The summed E-state index contributed by atoms with van der Waals surface area (Å²) < 4.78 is 0. The Kier molecular flexibility index (Phi) is 2.88. The van der Waals surface area contributed by atoms with E-state index >= 15 is 0 Å². The van der Waals surface area contributed by atoms with Crippen LogP contribution in [0, 0.1) is 22.0 Å². The normalized spacial score (nSPS) is 29.0. The van der Waals surface area contributed by atoms with E-state index in [-0.39, 0.29) is 33.9 Å². The number of para-hydroxylation sites is 1. The van der Waals surface area contributed by atoms with Gasteiger partial charge in [0.05, 0.1) is 22.4 Å². The van der Waals surface area contributed by atoms with Gasteiger partial charge >= 0.3 is 0 Å². The second-order valence-electron chi connectivity index (χ2n) is 6.45. The number of hydrogen-bond donors (Lipinski definition) is 0. The van der Waals surface area contributed by atoms with Crippen molar-refractivity contribution >= 4 is 35.0 Å². The minimum Gasteiger partial charge on any atom is -0.274 e. The molecular weight excluding hydrogens is 340 g/mol. The van der Waals surface area contributed by atoms with E-state index in [1.807, 2.05) is 6.07 Å². The molecule has 0 radical (unpaired) electrons. The van der Waals surface area contributed by atoms with Crippen LogP contribution in [0.4, 0.5) is 11.4 Å². The predicted molar refractivity (Wildman–Crippen MR) is 92.1 cm³/mol. The first-order chi connectivity index (χ1) is 12.1. The minimum atomic E-state index is -0.433. The van der Waals surface area contributed by atoms with Crippen LogP contribution in [0.3, 0.4) is 0 Å². The topological polar surface area (TPSA) is 80.5 Å². The lowest BCUT2D eigenvalue weighted by atomic mass is 9.77. The summed E-state index contributed by atoms with van der Waals surface area (Å²) in [5.41, 5.74) is 2.41. The van der Waals surface area contributed by atoms with Gasteiger partial charge in [-0.05, 0) is 23.3 Å². The van der Waals surface area contributed by atoms with Crippen molar-refractivity contribution in [3.63, 3.8) is 0 Å². The second-order valence-corrected chi connectivity index (χ2v) is 7.73. The maximum absolute atomic E-state index is 13.0. The van der Waals surface area contributed by atoms with E-state index in [9.17, 15) is 19.7 Å². The van der Waals surface area contributed by atoms with E-state index in [1.165, 1.54) is 11.0 Å². The summed E-state index contributed by atoms with van der Waals surface area (Å²) in [7, 11) is 0. The molecule has 0 aromatic heterocycles. The fourth-order valence-electron chi connectivity index (χ4n) is 4.22. The molecule has 4 atom stereocenters. The Morgan fingerprint density at radius 3 is 2.20 bits per heavy atom. The molecule has 7 heteroatoms. The van der Waals surface area contributed by atoms with Gasteiger partial charge in [0.25, 0.3) is 5.69 Å². The summed E-state index contributed by atoms with van der Waals surface area (Å²) >= 11 is 1.59. The van der Waals surface area contributed by atoms with Gasteiger partial charge in [-0.2, -0.15) is 0 Å². The van der Waals surface area contributed by atoms with Gasteiger partial charge in [0.1, 0.15) is 0 Å². The van der Waals surface area contributed by atoms with Crippen LogP contribution in [0.5, 0.6) is 0 Å². The van der Waals surface area contributed by atoms with Crippen molar-refractivity contribution in [3.05, 3.63) is 69.8 Å². The van der Waals surface area contributed by atoms with Crippen molar-refractivity contribution in [2.45, 2.75) is 10.5 Å². The number of benzene rings is 2. The number of rotatable bonds is 2. The highest BCUT2D eigenvalue weighted by molar-refractivity contribution is 8.00. The highest BCUT2D eigenvalue weighted by atomic mass is 32.2. The predicted octanol–water partition coefficient (Wildman–Crippen LogP) is 3.24. The van der Waals surface area contributed by atoms with E-state index in [0.717, 1.165) is 11.1 Å². The number of carbonyl (C=O) groups excluding carboxylic acids is 2. The van der Waals surface area contributed by atoms with Crippen LogP contribution in [0.25, 0.3) is 0 Å². The van der Waals surface area contributed by atoms with Crippen LogP contribution in [0.15, 0.2) is 48.5 Å². The summed E-state index contributed by atoms with van der Waals surface area (Å²) in [6.07, 6.45) is 0. The molecule has 2 aromatic rings. The lowest BCUT2D eigenvalue weighted by Gasteiger charge is -2.21. The number of thioether (sulfide) groups is 1. The number of nitro benzene ring substituents is 1. The van der Waals surface area contributed by atoms with Gasteiger partial charge in [0, 0.05) is 22.6 Å². The second kappa shape index (κ2) is 4.92. The van der Waals surface area contributed by atoms with Crippen molar-refractivity contribution in [2.24, 2.45) is 11.8 Å². The third-order valence-electron chi connectivity index (χ3n) is 5.25. The lowest BCUT2D eigenvalue weighted by molar-refractivity contribution is -0.384. The van der Waals surface area contributed by atoms with Gasteiger partial charge in [-0.3, -0.25) is 19.7 Å². The van der Waals surface area contributed by atoms with Crippen molar-refractivity contribution in [2.75, 3.05) is 4.90 Å². The van der Waals surface area contributed by atoms with Crippen LogP contribution < -0.4 is 4.90 Å². The largest absolute Gasteiger partial charge is 0.274 e. The Labute approximate surface area is 147 Å². The molecule has 3 aliphatic heterocycles. The third kappa shape index (κ3) is 1.81. The van der Waals surface area contributed by atoms with E-state index in [4.69, 9.17) is 0 Å². The van der Waals surface area contributed by atoms with Crippen LogP contribution in [0.1, 0.15) is 21.6 Å². The Balaban J connectivity index is 1.59. The standard InChI is InChI=1S/C18H12N2O4S/c21-17-13-14(18(22)19(17)9-4-2-1-3-5-9)16-12-8-10(20(23)24)6-7-11(12)15(13)25-16/h1-8,13-16H/t13-,14+,15+,16-/m1/s1.